The standard InChI is InChI=1S/C17H36N4O3/c1-8-23-11-9-10-19-15(18-7)20-12-14(13(2)3)21-16(22)24-17(4,5)6/h13-14H,8-12H2,1-7H3,(H,21,22)(H2,18,19,20). The molecule has 7 heteroatoms. The zero-order valence-corrected chi connectivity index (χ0v) is 16.4. The Hall–Kier alpha value is -1.50. The minimum absolute atomic E-state index is 0.0539. The Morgan fingerprint density at radius 3 is 2.38 bits per heavy atom. The van der Waals surface area contributed by atoms with Gasteiger partial charge in [-0.3, -0.25) is 4.99 Å². The van der Waals surface area contributed by atoms with Crippen molar-refractivity contribution in [2.45, 2.75) is 59.6 Å². The lowest BCUT2D eigenvalue weighted by atomic mass is 10.0. The first kappa shape index (κ1) is 22.5. The average Bonchev–Trinajstić information content (AvgIpc) is 2.46. The van der Waals surface area contributed by atoms with Crippen molar-refractivity contribution in [1.29, 1.82) is 0 Å². The number of carbonyl (C=O) groups is 1. The van der Waals surface area contributed by atoms with E-state index in [1.165, 1.54) is 0 Å². The van der Waals surface area contributed by atoms with Gasteiger partial charge in [0.15, 0.2) is 5.96 Å². The largest absolute Gasteiger partial charge is 0.444 e. The van der Waals surface area contributed by atoms with Crippen LogP contribution in [0.3, 0.4) is 0 Å². The lowest BCUT2D eigenvalue weighted by Crippen LogP contribution is -2.50. The predicted octanol–water partition coefficient (Wildman–Crippen LogP) is 2.13. The molecule has 142 valence electrons. The van der Waals surface area contributed by atoms with Crippen LogP contribution >= 0.6 is 0 Å². The van der Waals surface area contributed by atoms with Crippen molar-refractivity contribution in [2.75, 3.05) is 33.4 Å². The van der Waals surface area contributed by atoms with Crippen LogP contribution in [-0.4, -0.2) is 57.0 Å². The molecule has 0 fully saturated rings. The Kier molecular flexibility index (Phi) is 11.2. The Morgan fingerprint density at radius 1 is 1.21 bits per heavy atom. The fraction of sp³-hybridized carbons (Fsp3) is 0.882. The van der Waals surface area contributed by atoms with E-state index in [2.05, 4.69) is 34.8 Å². The summed E-state index contributed by atoms with van der Waals surface area (Å²) >= 11 is 0. The number of guanidine groups is 1. The minimum atomic E-state index is -0.503. The van der Waals surface area contributed by atoms with E-state index < -0.39 is 11.7 Å². The third kappa shape index (κ3) is 12.0. The van der Waals surface area contributed by atoms with E-state index in [1.807, 2.05) is 27.7 Å². The van der Waals surface area contributed by atoms with Gasteiger partial charge in [0.1, 0.15) is 5.60 Å². The second kappa shape index (κ2) is 11.9. The highest BCUT2D eigenvalue weighted by molar-refractivity contribution is 5.79. The number of alkyl carbamates (subject to hydrolysis) is 1. The Bertz CT molecular complexity index is 379. The molecule has 0 aliphatic carbocycles. The molecule has 1 amide bonds. The van der Waals surface area contributed by atoms with Crippen molar-refractivity contribution in [2.24, 2.45) is 10.9 Å². The van der Waals surface area contributed by atoms with Gasteiger partial charge in [-0.25, -0.2) is 4.79 Å². The molecule has 7 nitrogen and oxygen atoms in total. The molecule has 0 heterocycles. The van der Waals surface area contributed by atoms with Gasteiger partial charge in [0, 0.05) is 33.4 Å². The second-order valence-electron chi connectivity index (χ2n) is 6.93. The van der Waals surface area contributed by atoms with Crippen molar-refractivity contribution in [3.05, 3.63) is 0 Å². The molecule has 0 spiro atoms. The summed E-state index contributed by atoms with van der Waals surface area (Å²) in [4.78, 5) is 16.1. The highest BCUT2D eigenvalue weighted by Crippen LogP contribution is 2.08. The number of nitrogens with zero attached hydrogens (tertiary/aromatic N) is 1. The first-order chi connectivity index (χ1) is 11.2. The molecule has 1 unspecified atom stereocenters. The van der Waals surface area contributed by atoms with Gasteiger partial charge in [-0.1, -0.05) is 13.8 Å². The fourth-order valence-electron chi connectivity index (χ4n) is 1.86. The van der Waals surface area contributed by atoms with E-state index in [0.717, 1.165) is 26.2 Å². The molecule has 3 N–H and O–H groups in total. The van der Waals surface area contributed by atoms with E-state index in [-0.39, 0.29) is 12.0 Å². The molecule has 0 radical (unpaired) electrons. The number of hydrogen-bond donors (Lipinski definition) is 3. The second-order valence-corrected chi connectivity index (χ2v) is 6.93. The van der Waals surface area contributed by atoms with Crippen molar-refractivity contribution < 1.29 is 14.3 Å². The molecule has 0 saturated heterocycles. The van der Waals surface area contributed by atoms with Crippen LogP contribution in [-0.2, 0) is 9.47 Å². The molecule has 0 aromatic heterocycles. The van der Waals surface area contributed by atoms with Crippen molar-refractivity contribution in [3.8, 4) is 0 Å². The first-order valence-corrected chi connectivity index (χ1v) is 8.71. The molecule has 0 aromatic rings. The predicted molar refractivity (Wildman–Crippen MR) is 98.5 cm³/mol. The van der Waals surface area contributed by atoms with Crippen LogP contribution in [0.15, 0.2) is 4.99 Å². The summed E-state index contributed by atoms with van der Waals surface area (Å²) in [5, 5.41) is 9.38. The fourth-order valence-corrected chi connectivity index (χ4v) is 1.86. The third-order valence-electron chi connectivity index (χ3n) is 3.18. The average molecular weight is 345 g/mol. The zero-order chi connectivity index (χ0) is 18.6. The molecule has 0 aliphatic rings. The van der Waals surface area contributed by atoms with Crippen LogP contribution in [0.4, 0.5) is 4.79 Å². The summed E-state index contributed by atoms with van der Waals surface area (Å²) in [5.74, 6) is 0.976. The van der Waals surface area contributed by atoms with Crippen LogP contribution in [0.1, 0.15) is 48.0 Å². The van der Waals surface area contributed by atoms with Crippen molar-refractivity contribution in [3.63, 3.8) is 0 Å². The molecule has 0 saturated carbocycles. The maximum Gasteiger partial charge on any atom is 0.407 e. The van der Waals surface area contributed by atoms with E-state index in [4.69, 9.17) is 9.47 Å². The highest BCUT2D eigenvalue weighted by Gasteiger charge is 2.21. The van der Waals surface area contributed by atoms with Crippen LogP contribution in [0, 0.1) is 5.92 Å². The molecular weight excluding hydrogens is 308 g/mol. The lowest BCUT2D eigenvalue weighted by molar-refractivity contribution is 0.0491. The third-order valence-corrected chi connectivity index (χ3v) is 3.18. The molecule has 1 atom stereocenters. The number of ether oxygens (including phenoxy) is 2. The Morgan fingerprint density at radius 2 is 1.88 bits per heavy atom. The van der Waals surface area contributed by atoms with Crippen LogP contribution in [0.25, 0.3) is 0 Å². The van der Waals surface area contributed by atoms with E-state index in [9.17, 15) is 4.79 Å². The summed E-state index contributed by atoms with van der Waals surface area (Å²) in [6.45, 7) is 14.5. The van der Waals surface area contributed by atoms with Crippen LogP contribution in [0.2, 0.25) is 0 Å². The quantitative estimate of drug-likeness (QED) is 0.339. The summed E-state index contributed by atoms with van der Waals surface area (Å²) in [5.41, 5.74) is -0.503. The summed E-state index contributed by atoms with van der Waals surface area (Å²) < 4.78 is 10.6. The highest BCUT2D eigenvalue weighted by atomic mass is 16.6. The number of amides is 1. The van der Waals surface area contributed by atoms with E-state index in [1.54, 1.807) is 7.05 Å². The SMILES string of the molecule is CCOCCCNC(=NC)NCC(NC(=O)OC(C)(C)C)C(C)C. The molecule has 0 aliphatic heterocycles. The molecule has 24 heavy (non-hydrogen) atoms. The smallest absolute Gasteiger partial charge is 0.407 e. The van der Waals surface area contributed by atoms with Gasteiger partial charge < -0.3 is 25.4 Å². The van der Waals surface area contributed by atoms with E-state index >= 15 is 0 Å². The summed E-state index contributed by atoms with van der Waals surface area (Å²) in [7, 11) is 1.73. The maximum absolute atomic E-state index is 11.9. The monoisotopic (exact) mass is 344 g/mol. The number of rotatable bonds is 9. The van der Waals surface area contributed by atoms with Crippen molar-refractivity contribution in [1.82, 2.24) is 16.0 Å². The van der Waals surface area contributed by atoms with Gasteiger partial charge in [-0.05, 0) is 40.0 Å². The van der Waals surface area contributed by atoms with Gasteiger partial charge in [0.05, 0.1) is 6.04 Å². The van der Waals surface area contributed by atoms with Gasteiger partial charge in [-0.2, -0.15) is 0 Å². The number of carbonyl (C=O) groups excluding carboxylic acids is 1. The molecule has 0 bridgehead atoms. The van der Waals surface area contributed by atoms with Gasteiger partial charge >= 0.3 is 6.09 Å². The molecular formula is C17H36N4O3. The Balaban J connectivity index is 4.28. The maximum atomic E-state index is 11.9. The summed E-state index contributed by atoms with van der Waals surface area (Å²) in [6.07, 6.45) is 0.515. The van der Waals surface area contributed by atoms with Gasteiger partial charge in [-0.15, -0.1) is 0 Å². The van der Waals surface area contributed by atoms with Crippen LogP contribution < -0.4 is 16.0 Å². The molecule has 0 rings (SSSR count). The lowest BCUT2D eigenvalue weighted by Gasteiger charge is -2.26. The topological polar surface area (TPSA) is 84.0 Å². The van der Waals surface area contributed by atoms with E-state index in [0.29, 0.717) is 12.5 Å². The number of nitrogens with one attached hydrogen (secondary N) is 3. The minimum Gasteiger partial charge on any atom is -0.444 e. The normalized spacial score (nSPS) is 13.6. The van der Waals surface area contributed by atoms with Crippen molar-refractivity contribution >= 4 is 12.1 Å². The molecule has 0 aromatic carbocycles. The number of aliphatic imine (C=N–C) groups is 1. The summed E-state index contributed by atoms with van der Waals surface area (Å²) in [6, 6.07) is -0.0539. The zero-order valence-electron chi connectivity index (χ0n) is 16.4. The first-order valence-electron chi connectivity index (χ1n) is 8.71. The van der Waals surface area contributed by atoms with Gasteiger partial charge in [0.2, 0.25) is 0 Å². The Labute approximate surface area is 147 Å². The van der Waals surface area contributed by atoms with Crippen LogP contribution in [0.5, 0.6) is 0 Å². The van der Waals surface area contributed by atoms with Gasteiger partial charge in [0.25, 0.3) is 0 Å². The number of hydrogen-bond acceptors (Lipinski definition) is 4.